The molecule has 2 rings (SSSR count). The summed E-state index contributed by atoms with van der Waals surface area (Å²) < 4.78 is 0. The van der Waals surface area contributed by atoms with Crippen LogP contribution in [0.1, 0.15) is 35.0 Å². The van der Waals surface area contributed by atoms with Crippen LogP contribution < -0.4 is 5.32 Å². The minimum Gasteiger partial charge on any atom is -0.384 e. The lowest BCUT2D eigenvalue weighted by Crippen LogP contribution is -2.15. The van der Waals surface area contributed by atoms with Crippen LogP contribution in [0.3, 0.4) is 0 Å². The Balaban J connectivity index is 2.19. The number of hydrogen-bond acceptors (Lipinski definition) is 3. The molecular weight excluding hydrogens is 266 g/mol. The molecule has 2 nitrogen and oxygen atoms in total. The first-order valence-corrected chi connectivity index (χ1v) is 7.78. The minimum atomic E-state index is 0.0582. The Labute approximate surface area is 124 Å². The van der Waals surface area contributed by atoms with Crippen molar-refractivity contribution in [1.82, 2.24) is 5.32 Å². The second kappa shape index (κ2) is 7.65. The second-order valence-electron chi connectivity index (χ2n) is 4.55. The molecule has 0 aliphatic rings. The van der Waals surface area contributed by atoms with Gasteiger partial charge in [0.1, 0.15) is 0 Å². The van der Waals surface area contributed by atoms with Crippen LogP contribution in [-0.2, 0) is 0 Å². The average molecular weight is 285 g/mol. The van der Waals surface area contributed by atoms with Gasteiger partial charge in [-0.05, 0) is 23.4 Å². The van der Waals surface area contributed by atoms with Crippen molar-refractivity contribution >= 4 is 22.8 Å². The molecule has 0 saturated carbocycles. The Morgan fingerprint density at radius 1 is 1.20 bits per heavy atom. The Kier molecular flexibility index (Phi) is 5.56. The van der Waals surface area contributed by atoms with Crippen molar-refractivity contribution < 1.29 is 4.79 Å². The van der Waals surface area contributed by atoms with Crippen LogP contribution in [0.15, 0.2) is 53.9 Å². The number of carbonyl (C=O) groups is 1. The lowest BCUT2D eigenvalue weighted by Gasteiger charge is -2.10. The standard InChI is InChI=1S/C17H19NOS/c1-2-3-11-18-15(14-8-5-4-6-9-14)13-16(19)17-10-7-12-20-17/h4-10,12-13,18H,2-3,11H2,1H3/b15-13-. The molecule has 20 heavy (non-hydrogen) atoms. The first-order valence-electron chi connectivity index (χ1n) is 6.90. The quantitative estimate of drug-likeness (QED) is 0.465. The molecule has 2 aromatic rings. The summed E-state index contributed by atoms with van der Waals surface area (Å²) >= 11 is 1.47. The van der Waals surface area contributed by atoms with Gasteiger partial charge in [-0.1, -0.05) is 49.7 Å². The van der Waals surface area contributed by atoms with E-state index < -0.39 is 0 Å². The van der Waals surface area contributed by atoms with E-state index in [0.717, 1.165) is 35.5 Å². The van der Waals surface area contributed by atoms with Gasteiger partial charge in [-0.25, -0.2) is 0 Å². The lowest BCUT2D eigenvalue weighted by atomic mass is 10.1. The van der Waals surface area contributed by atoms with Gasteiger partial charge in [-0.3, -0.25) is 4.79 Å². The number of rotatable bonds is 7. The third-order valence-corrected chi connectivity index (χ3v) is 3.85. The van der Waals surface area contributed by atoms with E-state index in [-0.39, 0.29) is 5.78 Å². The van der Waals surface area contributed by atoms with Crippen molar-refractivity contribution in [3.05, 3.63) is 64.4 Å². The minimum absolute atomic E-state index is 0.0582. The van der Waals surface area contributed by atoms with Gasteiger partial charge in [0, 0.05) is 18.3 Å². The van der Waals surface area contributed by atoms with Gasteiger partial charge in [0.05, 0.1) is 4.88 Å². The molecule has 1 N–H and O–H groups in total. The van der Waals surface area contributed by atoms with Crippen LogP contribution >= 0.6 is 11.3 Å². The fraction of sp³-hybridized carbons (Fsp3) is 0.235. The summed E-state index contributed by atoms with van der Waals surface area (Å²) in [5.74, 6) is 0.0582. The maximum Gasteiger partial charge on any atom is 0.197 e. The number of carbonyl (C=O) groups excluding carboxylic acids is 1. The highest BCUT2D eigenvalue weighted by Gasteiger charge is 2.07. The molecule has 0 aliphatic carbocycles. The Bertz CT molecular complexity index is 558. The van der Waals surface area contributed by atoms with Crippen molar-refractivity contribution in [2.45, 2.75) is 19.8 Å². The first-order chi connectivity index (χ1) is 9.81. The fourth-order valence-corrected chi connectivity index (χ4v) is 2.51. The Morgan fingerprint density at radius 3 is 2.65 bits per heavy atom. The maximum atomic E-state index is 12.2. The van der Waals surface area contributed by atoms with Gasteiger partial charge in [-0.15, -0.1) is 11.3 Å². The van der Waals surface area contributed by atoms with E-state index >= 15 is 0 Å². The monoisotopic (exact) mass is 285 g/mol. The highest BCUT2D eigenvalue weighted by atomic mass is 32.1. The second-order valence-corrected chi connectivity index (χ2v) is 5.49. The van der Waals surface area contributed by atoms with E-state index in [1.54, 1.807) is 6.08 Å². The normalized spacial score (nSPS) is 11.3. The van der Waals surface area contributed by atoms with E-state index in [1.165, 1.54) is 11.3 Å². The number of ketones is 1. The van der Waals surface area contributed by atoms with E-state index in [4.69, 9.17) is 0 Å². The van der Waals surface area contributed by atoms with Gasteiger partial charge >= 0.3 is 0 Å². The molecule has 0 radical (unpaired) electrons. The maximum absolute atomic E-state index is 12.2. The Hall–Kier alpha value is -1.87. The predicted molar refractivity (Wildman–Crippen MR) is 86.0 cm³/mol. The third-order valence-electron chi connectivity index (χ3n) is 2.97. The number of benzene rings is 1. The van der Waals surface area contributed by atoms with Gasteiger partial charge in [-0.2, -0.15) is 0 Å². The largest absolute Gasteiger partial charge is 0.384 e. The molecule has 0 amide bonds. The predicted octanol–water partition coefficient (Wildman–Crippen LogP) is 4.36. The van der Waals surface area contributed by atoms with Crippen LogP contribution in [0.25, 0.3) is 5.70 Å². The van der Waals surface area contributed by atoms with Gasteiger partial charge in [0.2, 0.25) is 0 Å². The number of unbranched alkanes of at least 4 members (excludes halogenated alkanes) is 1. The van der Waals surface area contributed by atoms with Crippen molar-refractivity contribution in [3.8, 4) is 0 Å². The smallest absolute Gasteiger partial charge is 0.197 e. The van der Waals surface area contributed by atoms with Crippen LogP contribution in [0, 0.1) is 0 Å². The lowest BCUT2D eigenvalue weighted by molar-refractivity contribution is 0.105. The number of thiophene rings is 1. The molecule has 0 unspecified atom stereocenters. The van der Waals surface area contributed by atoms with Crippen LogP contribution in [-0.4, -0.2) is 12.3 Å². The van der Waals surface area contributed by atoms with E-state index in [9.17, 15) is 4.79 Å². The van der Waals surface area contributed by atoms with E-state index in [1.807, 2.05) is 47.8 Å². The molecule has 0 fully saturated rings. The average Bonchev–Trinajstić information content (AvgIpc) is 3.01. The number of nitrogens with one attached hydrogen (secondary N) is 1. The van der Waals surface area contributed by atoms with Gasteiger partial charge < -0.3 is 5.32 Å². The zero-order chi connectivity index (χ0) is 14.2. The molecular formula is C17H19NOS. The first kappa shape index (κ1) is 14.5. The summed E-state index contributed by atoms with van der Waals surface area (Å²) in [6, 6.07) is 13.8. The highest BCUT2D eigenvalue weighted by Crippen LogP contribution is 2.15. The fourth-order valence-electron chi connectivity index (χ4n) is 1.87. The molecule has 0 spiro atoms. The summed E-state index contributed by atoms with van der Waals surface area (Å²) in [4.78, 5) is 13.0. The summed E-state index contributed by atoms with van der Waals surface area (Å²) in [5.41, 5.74) is 1.95. The van der Waals surface area contributed by atoms with Crippen molar-refractivity contribution in [3.63, 3.8) is 0 Å². The molecule has 1 aromatic carbocycles. The zero-order valence-electron chi connectivity index (χ0n) is 11.6. The molecule has 0 aliphatic heterocycles. The van der Waals surface area contributed by atoms with Crippen molar-refractivity contribution in [2.75, 3.05) is 6.54 Å². The van der Waals surface area contributed by atoms with Crippen LogP contribution in [0.4, 0.5) is 0 Å². The van der Waals surface area contributed by atoms with Crippen molar-refractivity contribution in [2.24, 2.45) is 0 Å². The zero-order valence-corrected chi connectivity index (χ0v) is 12.5. The SMILES string of the molecule is CCCCN/C(=C\C(=O)c1cccs1)c1ccccc1. The molecule has 104 valence electrons. The summed E-state index contributed by atoms with van der Waals surface area (Å²) in [6.07, 6.45) is 3.93. The van der Waals surface area contributed by atoms with E-state index in [2.05, 4.69) is 12.2 Å². The summed E-state index contributed by atoms with van der Waals surface area (Å²) in [6.45, 7) is 3.04. The molecule has 0 atom stereocenters. The van der Waals surface area contributed by atoms with Gasteiger partial charge in [0.25, 0.3) is 0 Å². The Morgan fingerprint density at radius 2 is 2.00 bits per heavy atom. The molecule has 0 bridgehead atoms. The molecule has 3 heteroatoms. The number of hydrogen-bond donors (Lipinski definition) is 1. The number of allylic oxidation sites excluding steroid dienone is 1. The summed E-state index contributed by atoms with van der Waals surface area (Å²) in [5, 5.41) is 5.30. The van der Waals surface area contributed by atoms with Crippen LogP contribution in [0.5, 0.6) is 0 Å². The van der Waals surface area contributed by atoms with Gasteiger partial charge in [0.15, 0.2) is 5.78 Å². The molecule has 0 saturated heterocycles. The topological polar surface area (TPSA) is 29.1 Å². The summed E-state index contributed by atoms with van der Waals surface area (Å²) in [7, 11) is 0. The molecule has 1 heterocycles. The highest BCUT2D eigenvalue weighted by molar-refractivity contribution is 7.12. The van der Waals surface area contributed by atoms with Crippen LogP contribution in [0.2, 0.25) is 0 Å². The van der Waals surface area contributed by atoms with E-state index in [0.29, 0.717) is 0 Å². The molecule has 1 aromatic heterocycles. The van der Waals surface area contributed by atoms with Crippen molar-refractivity contribution in [1.29, 1.82) is 0 Å². The third kappa shape index (κ3) is 4.07.